The molecule has 1 aliphatic rings. The molecule has 1 fully saturated rings. The first-order valence-electron chi connectivity index (χ1n) is 11.2. The van der Waals surface area contributed by atoms with Gasteiger partial charge in [0.2, 0.25) is 17.6 Å². The van der Waals surface area contributed by atoms with E-state index in [0.717, 1.165) is 30.5 Å². The van der Waals surface area contributed by atoms with Crippen molar-refractivity contribution in [3.05, 3.63) is 58.9 Å². The summed E-state index contributed by atoms with van der Waals surface area (Å²) in [5.74, 6) is 2.35. The first-order chi connectivity index (χ1) is 16.5. The molecule has 1 atom stereocenters. The number of aromatic nitrogens is 2. The zero-order chi connectivity index (χ0) is 24.1. The predicted molar refractivity (Wildman–Crippen MR) is 129 cm³/mol. The Balaban J connectivity index is 1.36. The molecule has 4 rings (SSSR count). The summed E-state index contributed by atoms with van der Waals surface area (Å²) in [6, 6.07) is 13.1. The minimum Gasteiger partial charge on any atom is -0.493 e. The lowest BCUT2D eigenvalue weighted by Crippen LogP contribution is -2.43. The van der Waals surface area contributed by atoms with E-state index in [1.165, 1.54) is 0 Å². The van der Waals surface area contributed by atoms with Crippen LogP contribution in [0.1, 0.15) is 24.3 Å². The number of halogens is 1. The number of rotatable bonds is 8. The van der Waals surface area contributed by atoms with Crippen LogP contribution in [0.5, 0.6) is 11.5 Å². The molecule has 1 unspecified atom stereocenters. The van der Waals surface area contributed by atoms with Crippen molar-refractivity contribution in [1.82, 2.24) is 19.9 Å². The average molecular weight is 485 g/mol. The summed E-state index contributed by atoms with van der Waals surface area (Å²) < 4.78 is 16.1. The van der Waals surface area contributed by atoms with Gasteiger partial charge in [-0.15, -0.1) is 0 Å². The van der Waals surface area contributed by atoms with Gasteiger partial charge in [0.15, 0.2) is 11.5 Å². The molecule has 9 heteroatoms. The monoisotopic (exact) mass is 484 g/mol. The first-order valence-corrected chi connectivity index (χ1v) is 11.6. The van der Waals surface area contributed by atoms with E-state index in [1.807, 2.05) is 49.5 Å². The third kappa shape index (κ3) is 5.69. The van der Waals surface area contributed by atoms with Crippen LogP contribution in [0, 0.1) is 5.92 Å². The molecular formula is C25H29ClN4O4. The zero-order valence-electron chi connectivity index (χ0n) is 19.7. The number of ether oxygens (including phenoxy) is 2. The van der Waals surface area contributed by atoms with Gasteiger partial charge in [0.05, 0.1) is 26.7 Å². The molecule has 3 aromatic rings. The molecule has 0 saturated carbocycles. The van der Waals surface area contributed by atoms with Crippen LogP contribution in [0.3, 0.4) is 0 Å². The molecule has 2 aromatic carbocycles. The normalized spacial score (nSPS) is 16.3. The van der Waals surface area contributed by atoms with Gasteiger partial charge in [0.1, 0.15) is 0 Å². The second kappa shape index (κ2) is 10.9. The van der Waals surface area contributed by atoms with Crippen molar-refractivity contribution < 1.29 is 18.8 Å². The van der Waals surface area contributed by atoms with Gasteiger partial charge in [-0.2, -0.15) is 4.98 Å². The maximum Gasteiger partial charge on any atom is 0.241 e. The highest BCUT2D eigenvalue weighted by Crippen LogP contribution is 2.31. The first kappa shape index (κ1) is 24.0. The van der Waals surface area contributed by atoms with E-state index in [9.17, 15) is 4.79 Å². The molecule has 2 heterocycles. The predicted octanol–water partition coefficient (Wildman–Crippen LogP) is 4.28. The van der Waals surface area contributed by atoms with Gasteiger partial charge in [0, 0.05) is 30.7 Å². The van der Waals surface area contributed by atoms with E-state index in [2.05, 4.69) is 15.0 Å². The maximum atomic E-state index is 13.1. The van der Waals surface area contributed by atoms with Crippen LogP contribution in [0.2, 0.25) is 5.02 Å². The van der Waals surface area contributed by atoms with Crippen LogP contribution in [-0.2, 0) is 17.9 Å². The lowest BCUT2D eigenvalue weighted by Gasteiger charge is -2.33. The van der Waals surface area contributed by atoms with E-state index in [1.54, 1.807) is 19.1 Å². The second-order valence-corrected chi connectivity index (χ2v) is 8.91. The van der Waals surface area contributed by atoms with Crippen LogP contribution >= 0.6 is 11.6 Å². The fraction of sp³-hybridized carbons (Fsp3) is 0.400. The van der Waals surface area contributed by atoms with Crippen molar-refractivity contribution in [3.8, 4) is 22.9 Å². The minimum atomic E-state index is -0.0562. The quantitative estimate of drug-likeness (QED) is 0.472. The van der Waals surface area contributed by atoms with Gasteiger partial charge >= 0.3 is 0 Å². The highest BCUT2D eigenvalue weighted by atomic mass is 35.5. The molecule has 1 amide bonds. The lowest BCUT2D eigenvalue weighted by atomic mass is 9.96. The van der Waals surface area contributed by atoms with Crippen LogP contribution in [0.4, 0.5) is 0 Å². The van der Waals surface area contributed by atoms with Crippen molar-refractivity contribution in [3.63, 3.8) is 0 Å². The fourth-order valence-electron chi connectivity index (χ4n) is 4.26. The van der Waals surface area contributed by atoms with Gasteiger partial charge in [-0.25, -0.2) is 0 Å². The summed E-state index contributed by atoms with van der Waals surface area (Å²) in [5.41, 5.74) is 1.84. The third-order valence-corrected chi connectivity index (χ3v) is 6.28. The summed E-state index contributed by atoms with van der Waals surface area (Å²) in [7, 11) is 5.03. The van der Waals surface area contributed by atoms with Crippen molar-refractivity contribution >= 4 is 17.5 Å². The average Bonchev–Trinajstić information content (AvgIpc) is 3.33. The Kier molecular flexibility index (Phi) is 7.70. The molecule has 8 nitrogen and oxygen atoms in total. The number of carbonyl (C=O) groups excluding carboxylic acids is 1. The summed E-state index contributed by atoms with van der Waals surface area (Å²) in [6.07, 6.45) is 1.82. The van der Waals surface area contributed by atoms with Crippen LogP contribution in [-0.4, -0.2) is 60.2 Å². The molecule has 180 valence electrons. The van der Waals surface area contributed by atoms with Crippen molar-refractivity contribution in [2.75, 3.05) is 34.4 Å². The van der Waals surface area contributed by atoms with Gasteiger partial charge in [-0.1, -0.05) is 28.9 Å². The molecule has 34 heavy (non-hydrogen) atoms. The number of piperidine rings is 1. The summed E-state index contributed by atoms with van der Waals surface area (Å²) >= 11 is 5.96. The third-order valence-electron chi connectivity index (χ3n) is 6.03. The van der Waals surface area contributed by atoms with E-state index in [-0.39, 0.29) is 11.8 Å². The van der Waals surface area contributed by atoms with E-state index < -0.39 is 0 Å². The van der Waals surface area contributed by atoms with Gasteiger partial charge < -0.3 is 18.9 Å². The number of benzene rings is 2. The number of nitrogens with zero attached hydrogens (tertiary/aromatic N) is 4. The summed E-state index contributed by atoms with van der Waals surface area (Å²) in [6.45, 7) is 2.62. The standard InChI is InChI=1S/C25H29ClN4O4/c1-29(14-17-6-9-20(26)10-7-17)25(31)19-5-4-12-30(15-19)16-23-27-24(28-34-23)18-8-11-21(32-2)22(13-18)33-3/h6-11,13,19H,4-5,12,14-16H2,1-3H3. The molecule has 1 saturated heterocycles. The van der Waals surface area contributed by atoms with Gasteiger partial charge in [-0.05, 0) is 55.3 Å². The van der Waals surface area contributed by atoms with E-state index in [0.29, 0.717) is 47.9 Å². The Bertz CT molecular complexity index is 1120. The second-order valence-electron chi connectivity index (χ2n) is 8.48. The smallest absolute Gasteiger partial charge is 0.241 e. The van der Waals surface area contributed by atoms with Crippen molar-refractivity contribution in [2.45, 2.75) is 25.9 Å². The fourth-order valence-corrected chi connectivity index (χ4v) is 4.38. The van der Waals surface area contributed by atoms with Crippen LogP contribution in [0.15, 0.2) is 47.0 Å². The molecule has 0 spiro atoms. The number of carbonyl (C=O) groups is 1. The number of hydrogen-bond acceptors (Lipinski definition) is 7. The summed E-state index contributed by atoms with van der Waals surface area (Å²) in [5, 5.41) is 4.82. The molecular weight excluding hydrogens is 456 g/mol. The van der Waals surface area contributed by atoms with Gasteiger partial charge in [0.25, 0.3) is 0 Å². The lowest BCUT2D eigenvalue weighted by molar-refractivity contribution is -0.136. The van der Waals surface area contributed by atoms with Gasteiger partial charge in [-0.3, -0.25) is 9.69 Å². The topological polar surface area (TPSA) is 80.9 Å². The molecule has 0 N–H and O–H groups in total. The maximum absolute atomic E-state index is 13.1. The van der Waals surface area contributed by atoms with Crippen molar-refractivity contribution in [1.29, 1.82) is 0 Å². The highest BCUT2D eigenvalue weighted by molar-refractivity contribution is 6.30. The number of amides is 1. The van der Waals surface area contributed by atoms with E-state index >= 15 is 0 Å². The molecule has 0 aliphatic carbocycles. The Hall–Kier alpha value is -3.10. The molecule has 1 aromatic heterocycles. The number of methoxy groups -OCH3 is 2. The van der Waals surface area contributed by atoms with Crippen molar-refractivity contribution in [2.24, 2.45) is 5.92 Å². The largest absolute Gasteiger partial charge is 0.493 e. The molecule has 0 radical (unpaired) electrons. The minimum absolute atomic E-state index is 0.0562. The number of likely N-dealkylation sites (tertiary alicyclic amines) is 1. The Morgan fingerprint density at radius 1 is 1.18 bits per heavy atom. The van der Waals surface area contributed by atoms with E-state index in [4.69, 9.17) is 25.6 Å². The Labute approximate surface area is 204 Å². The molecule has 0 bridgehead atoms. The Morgan fingerprint density at radius 2 is 1.94 bits per heavy atom. The number of hydrogen-bond donors (Lipinski definition) is 0. The SMILES string of the molecule is COc1ccc(-c2noc(CN3CCCC(C(=O)N(C)Cc4ccc(Cl)cc4)C3)n2)cc1OC. The summed E-state index contributed by atoms with van der Waals surface area (Å²) in [4.78, 5) is 21.6. The van der Waals surface area contributed by atoms with Crippen LogP contribution < -0.4 is 9.47 Å². The Morgan fingerprint density at radius 3 is 2.68 bits per heavy atom. The molecule has 1 aliphatic heterocycles. The zero-order valence-corrected chi connectivity index (χ0v) is 20.4. The highest BCUT2D eigenvalue weighted by Gasteiger charge is 2.29. The van der Waals surface area contributed by atoms with Crippen LogP contribution in [0.25, 0.3) is 11.4 Å².